The first-order valence-electron chi connectivity index (χ1n) is 9.12. The van der Waals surface area contributed by atoms with Crippen molar-refractivity contribution in [2.45, 2.75) is 45.4 Å². The van der Waals surface area contributed by atoms with Crippen LogP contribution in [0, 0.1) is 0 Å². The third kappa shape index (κ3) is 8.96. The second kappa shape index (κ2) is 12.1. The van der Waals surface area contributed by atoms with E-state index in [4.69, 9.17) is 9.84 Å². The molecule has 154 valence electrons. The van der Waals surface area contributed by atoms with Crippen molar-refractivity contribution in [3.05, 3.63) is 52.4 Å². The molecule has 0 unspecified atom stereocenters. The van der Waals surface area contributed by atoms with E-state index in [1.54, 1.807) is 30.3 Å². The highest BCUT2D eigenvalue weighted by Gasteiger charge is 2.27. The van der Waals surface area contributed by atoms with Crippen molar-refractivity contribution in [1.29, 1.82) is 0 Å². The lowest BCUT2D eigenvalue weighted by Gasteiger charge is -2.10. The van der Waals surface area contributed by atoms with Gasteiger partial charge in [0.1, 0.15) is 4.91 Å². The molecular weight excluding hydrogens is 384 g/mol. The Hall–Kier alpha value is -2.45. The summed E-state index contributed by atoms with van der Waals surface area (Å²) in [7, 11) is -4.87. The summed E-state index contributed by atoms with van der Waals surface area (Å²) in [5, 5.41) is 9.02. The summed E-state index contributed by atoms with van der Waals surface area (Å²) in [5.41, 5.74) is -0.361. The molecule has 8 heteroatoms. The molecule has 0 radical (unpaired) electrons. The number of aliphatic carboxylic acids is 1. The van der Waals surface area contributed by atoms with Gasteiger partial charge in [-0.05, 0) is 18.1 Å². The molecular formula is C20H26O7S. The molecule has 0 spiro atoms. The van der Waals surface area contributed by atoms with Gasteiger partial charge in [-0.2, -0.15) is 8.42 Å². The van der Waals surface area contributed by atoms with Gasteiger partial charge in [-0.25, -0.2) is 9.59 Å². The van der Waals surface area contributed by atoms with Crippen LogP contribution in [0.4, 0.5) is 0 Å². The average Bonchev–Trinajstić information content (AvgIpc) is 2.63. The monoisotopic (exact) mass is 410 g/mol. The largest absolute Gasteiger partial charge is 0.478 e. The number of ether oxygens (including phenoxy) is 1. The Labute approximate surface area is 165 Å². The minimum atomic E-state index is -4.87. The summed E-state index contributed by atoms with van der Waals surface area (Å²) in [6.07, 6.45) is 7.20. The Morgan fingerprint density at radius 3 is 2.21 bits per heavy atom. The molecule has 28 heavy (non-hydrogen) atoms. The lowest BCUT2D eigenvalue weighted by molar-refractivity contribution is -0.139. The normalized spacial score (nSPS) is 12.6. The van der Waals surface area contributed by atoms with Crippen molar-refractivity contribution in [1.82, 2.24) is 0 Å². The Bertz CT molecular complexity index is 808. The van der Waals surface area contributed by atoms with Gasteiger partial charge in [0, 0.05) is 6.08 Å². The molecule has 1 aromatic rings. The van der Waals surface area contributed by atoms with E-state index in [2.05, 4.69) is 6.92 Å². The van der Waals surface area contributed by atoms with E-state index in [1.165, 1.54) is 0 Å². The fourth-order valence-corrected chi connectivity index (χ4v) is 3.18. The summed E-state index contributed by atoms with van der Waals surface area (Å²) >= 11 is 0. The zero-order valence-electron chi connectivity index (χ0n) is 15.8. The molecule has 7 nitrogen and oxygen atoms in total. The average molecular weight is 410 g/mol. The van der Waals surface area contributed by atoms with Crippen LogP contribution < -0.4 is 0 Å². The van der Waals surface area contributed by atoms with Crippen LogP contribution in [-0.4, -0.2) is 36.6 Å². The van der Waals surface area contributed by atoms with E-state index < -0.39 is 32.5 Å². The summed E-state index contributed by atoms with van der Waals surface area (Å²) in [6, 6.07) is 8.05. The number of carbonyl (C=O) groups is 2. The van der Waals surface area contributed by atoms with Crippen molar-refractivity contribution in [3.63, 3.8) is 0 Å². The smallest absolute Gasteiger partial charge is 0.339 e. The van der Waals surface area contributed by atoms with Gasteiger partial charge >= 0.3 is 11.9 Å². The molecule has 0 fully saturated rings. The highest BCUT2D eigenvalue weighted by Crippen LogP contribution is 2.22. The highest BCUT2D eigenvalue weighted by molar-refractivity contribution is 7.90. The Balaban J connectivity index is 2.96. The third-order valence-corrected chi connectivity index (χ3v) is 4.75. The lowest BCUT2D eigenvalue weighted by atomic mass is 10.1. The van der Waals surface area contributed by atoms with Gasteiger partial charge in [0.25, 0.3) is 10.1 Å². The number of esters is 1. The molecule has 1 aromatic carbocycles. The van der Waals surface area contributed by atoms with Gasteiger partial charge in [0.05, 0.1) is 12.2 Å². The minimum Gasteiger partial charge on any atom is -0.478 e. The first-order valence-corrected chi connectivity index (χ1v) is 10.6. The second-order valence-electron chi connectivity index (χ2n) is 6.19. The number of unbranched alkanes of at least 4 members (excludes halogenated alkanes) is 5. The van der Waals surface area contributed by atoms with E-state index in [0.717, 1.165) is 38.2 Å². The Morgan fingerprint density at radius 1 is 1.04 bits per heavy atom. The van der Waals surface area contributed by atoms with Crippen molar-refractivity contribution in [2.75, 3.05) is 6.61 Å². The number of carboxylic acids is 1. The first-order chi connectivity index (χ1) is 13.3. The molecule has 0 aromatic heterocycles. The number of benzene rings is 1. The zero-order valence-corrected chi connectivity index (χ0v) is 16.7. The van der Waals surface area contributed by atoms with Crippen LogP contribution >= 0.6 is 0 Å². The van der Waals surface area contributed by atoms with Crippen molar-refractivity contribution >= 4 is 28.1 Å². The first kappa shape index (κ1) is 23.6. The standard InChI is InChI=1S/C20H26O7S/c1-2-3-4-5-6-10-13-27-20(23)17(15-19(21)22)18(28(24,25)26)14-16-11-8-7-9-12-16/h7-9,11-12,14-15H,2-6,10,13H2,1H3,(H,21,22)(H,24,25,26)/b17-15-,18-14?. The number of hydrogen-bond donors (Lipinski definition) is 2. The molecule has 0 aliphatic rings. The maximum Gasteiger partial charge on any atom is 0.339 e. The maximum atomic E-state index is 12.3. The van der Waals surface area contributed by atoms with Gasteiger partial charge in [-0.1, -0.05) is 69.4 Å². The zero-order chi connectivity index (χ0) is 21.0. The third-order valence-electron chi connectivity index (χ3n) is 3.86. The van der Waals surface area contributed by atoms with E-state index in [0.29, 0.717) is 18.1 Å². The number of hydrogen-bond acceptors (Lipinski definition) is 5. The number of rotatable bonds is 12. The second-order valence-corrected chi connectivity index (χ2v) is 7.58. The molecule has 0 heterocycles. The molecule has 1 rings (SSSR count). The molecule has 2 N–H and O–H groups in total. The summed E-state index contributed by atoms with van der Waals surface area (Å²) in [4.78, 5) is 22.6. The molecule has 0 amide bonds. The summed E-state index contributed by atoms with van der Waals surface area (Å²) < 4.78 is 38.1. The van der Waals surface area contributed by atoms with Crippen LogP contribution in [-0.2, 0) is 24.4 Å². The summed E-state index contributed by atoms with van der Waals surface area (Å²) in [6.45, 7) is 2.14. The Morgan fingerprint density at radius 2 is 1.64 bits per heavy atom. The maximum absolute atomic E-state index is 12.3. The van der Waals surface area contributed by atoms with Crippen LogP contribution in [0.1, 0.15) is 51.0 Å². The molecule has 0 saturated carbocycles. The van der Waals surface area contributed by atoms with E-state index >= 15 is 0 Å². The predicted octanol–water partition coefficient (Wildman–Crippen LogP) is 3.83. The highest BCUT2D eigenvalue weighted by atomic mass is 32.2. The van der Waals surface area contributed by atoms with Gasteiger partial charge < -0.3 is 9.84 Å². The van der Waals surface area contributed by atoms with E-state index in [9.17, 15) is 22.6 Å². The van der Waals surface area contributed by atoms with Gasteiger partial charge in [0.2, 0.25) is 0 Å². The van der Waals surface area contributed by atoms with Crippen LogP contribution in [0.3, 0.4) is 0 Å². The van der Waals surface area contributed by atoms with E-state index in [1.807, 2.05) is 0 Å². The molecule has 0 bridgehead atoms. The van der Waals surface area contributed by atoms with Crippen LogP contribution in [0.2, 0.25) is 0 Å². The minimum absolute atomic E-state index is 0.0337. The fraction of sp³-hybridized carbons (Fsp3) is 0.400. The molecule has 0 saturated heterocycles. The topological polar surface area (TPSA) is 118 Å². The number of carbonyl (C=O) groups excluding carboxylic acids is 1. The van der Waals surface area contributed by atoms with Crippen LogP contribution in [0.5, 0.6) is 0 Å². The molecule has 0 aliphatic carbocycles. The number of carboxylic acid groups (broad SMARTS) is 1. The van der Waals surface area contributed by atoms with Crippen LogP contribution in [0.25, 0.3) is 6.08 Å². The molecule has 0 aliphatic heterocycles. The van der Waals surface area contributed by atoms with E-state index in [-0.39, 0.29) is 6.61 Å². The van der Waals surface area contributed by atoms with Gasteiger partial charge in [-0.3, -0.25) is 4.55 Å². The lowest BCUT2D eigenvalue weighted by Crippen LogP contribution is -2.17. The summed E-state index contributed by atoms with van der Waals surface area (Å²) in [5.74, 6) is -2.65. The van der Waals surface area contributed by atoms with Crippen molar-refractivity contribution in [2.24, 2.45) is 0 Å². The van der Waals surface area contributed by atoms with Crippen molar-refractivity contribution in [3.8, 4) is 0 Å². The Kier molecular flexibility index (Phi) is 10.2. The van der Waals surface area contributed by atoms with Crippen LogP contribution in [0.15, 0.2) is 46.9 Å². The fourth-order valence-electron chi connectivity index (χ4n) is 2.47. The van der Waals surface area contributed by atoms with Crippen molar-refractivity contribution < 1.29 is 32.4 Å². The molecule has 0 atom stereocenters. The van der Waals surface area contributed by atoms with Gasteiger partial charge in [0.15, 0.2) is 0 Å². The quantitative estimate of drug-likeness (QED) is 0.177. The van der Waals surface area contributed by atoms with Gasteiger partial charge in [-0.15, -0.1) is 0 Å². The predicted molar refractivity (Wildman–Crippen MR) is 106 cm³/mol. The SMILES string of the molecule is CCCCCCCCOC(=O)/C(=C\C(=O)O)C(=Cc1ccccc1)S(=O)(=O)O.